The predicted octanol–water partition coefficient (Wildman–Crippen LogP) is 0.984. The highest BCUT2D eigenvalue weighted by molar-refractivity contribution is 6.32. The van der Waals surface area contributed by atoms with Gasteiger partial charge in [-0.1, -0.05) is 6.07 Å². The average molecular weight is 145 g/mol. The van der Waals surface area contributed by atoms with Crippen LogP contribution in [-0.2, 0) is 0 Å². The maximum absolute atomic E-state index is 9.89. The van der Waals surface area contributed by atoms with E-state index in [0.717, 1.165) is 0 Å². The quantitative estimate of drug-likeness (QED) is 0.552. The van der Waals surface area contributed by atoms with Crippen LogP contribution in [0.15, 0.2) is 30.6 Å². The summed E-state index contributed by atoms with van der Waals surface area (Å²) < 4.78 is 19.8. The third-order valence-corrected chi connectivity index (χ3v) is 0.566. The molecule has 1 aromatic rings. The summed E-state index contributed by atoms with van der Waals surface area (Å²) in [5, 5.41) is 6.72. The standard InChI is InChI=1S/C5H5N.BF2HO/c1-2-4-6-5-3-1;2-1(3)4/h1-5H;4H. The van der Waals surface area contributed by atoms with Crippen molar-refractivity contribution in [3.8, 4) is 0 Å². The normalized spacial score (nSPS) is 7.50. The summed E-state index contributed by atoms with van der Waals surface area (Å²) in [7, 11) is -3.17. The molecule has 0 aliphatic carbocycles. The molecule has 0 aromatic carbocycles. The largest absolute Gasteiger partial charge is 0.718 e. The Hall–Kier alpha value is -0.965. The third kappa shape index (κ3) is 10.1. The van der Waals surface area contributed by atoms with Gasteiger partial charge in [0.1, 0.15) is 0 Å². The molecule has 1 N–H and O–H groups in total. The number of aromatic nitrogens is 1. The SMILES string of the molecule is OB(F)F.c1ccncc1. The first kappa shape index (κ1) is 9.03. The lowest BCUT2D eigenvalue weighted by Gasteiger charge is -1.70. The number of hydrogen-bond donors (Lipinski definition) is 1. The Labute approximate surface area is 57.7 Å². The Morgan fingerprint density at radius 2 is 1.50 bits per heavy atom. The number of nitrogens with zero attached hydrogens (tertiary/aromatic N) is 1. The molecule has 54 valence electrons. The minimum Gasteiger partial charge on any atom is -0.395 e. The van der Waals surface area contributed by atoms with Crippen LogP contribution < -0.4 is 0 Å². The summed E-state index contributed by atoms with van der Waals surface area (Å²) >= 11 is 0. The van der Waals surface area contributed by atoms with Crippen LogP contribution in [-0.4, -0.2) is 17.5 Å². The molecule has 5 heteroatoms. The second-order valence-corrected chi connectivity index (χ2v) is 1.30. The van der Waals surface area contributed by atoms with Crippen molar-refractivity contribution < 1.29 is 13.7 Å². The second kappa shape index (κ2) is 6.16. The van der Waals surface area contributed by atoms with Gasteiger partial charge >= 0.3 is 7.47 Å². The number of halogens is 2. The number of pyridine rings is 1. The summed E-state index contributed by atoms with van der Waals surface area (Å²) in [4.78, 5) is 3.78. The average Bonchev–Trinajstić information content (AvgIpc) is 1.90. The first-order valence-electron chi connectivity index (χ1n) is 2.54. The third-order valence-electron chi connectivity index (χ3n) is 0.566. The fourth-order valence-corrected chi connectivity index (χ4v) is 0.313. The molecule has 0 fully saturated rings. The lowest BCUT2D eigenvalue weighted by Crippen LogP contribution is -1.88. The zero-order chi connectivity index (χ0) is 7.82. The van der Waals surface area contributed by atoms with Crippen LogP contribution in [0.5, 0.6) is 0 Å². The van der Waals surface area contributed by atoms with Gasteiger partial charge in [0.2, 0.25) is 0 Å². The summed E-state index contributed by atoms with van der Waals surface area (Å²) in [6.45, 7) is 0. The van der Waals surface area contributed by atoms with Crippen LogP contribution in [0.4, 0.5) is 8.63 Å². The molecule has 2 nitrogen and oxygen atoms in total. The van der Waals surface area contributed by atoms with E-state index in [9.17, 15) is 8.63 Å². The Balaban J connectivity index is 0.000000180. The van der Waals surface area contributed by atoms with E-state index in [2.05, 4.69) is 4.98 Å². The second-order valence-electron chi connectivity index (χ2n) is 1.30. The first-order valence-corrected chi connectivity index (χ1v) is 2.54. The Kier molecular flexibility index (Phi) is 5.56. The molecular formula is C5H6BF2NO. The van der Waals surface area contributed by atoms with Gasteiger partial charge in [0, 0.05) is 12.4 Å². The summed E-state index contributed by atoms with van der Waals surface area (Å²) in [5.74, 6) is 0. The summed E-state index contributed by atoms with van der Waals surface area (Å²) in [6, 6.07) is 5.72. The van der Waals surface area contributed by atoms with Crippen molar-refractivity contribution in [1.82, 2.24) is 4.98 Å². The molecule has 0 unspecified atom stereocenters. The van der Waals surface area contributed by atoms with Crippen molar-refractivity contribution in [3.05, 3.63) is 30.6 Å². The zero-order valence-corrected chi connectivity index (χ0v) is 5.11. The van der Waals surface area contributed by atoms with Gasteiger partial charge in [-0.3, -0.25) is 13.6 Å². The maximum Gasteiger partial charge on any atom is 0.718 e. The molecule has 1 aromatic heterocycles. The van der Waals surface area contributed by atoms with Crippen LogP contribution in [0.2, 0.25) is 0 Å². The van der Waals surface area contributed by atoms with Crippen LogP contribution >= 0.6 is 0 Å². The van der Waals surface area contributed by atoms with Crippen LogP contribution in [0.3, 0.4) is 0 Å². The van der Waals surface area contributed by atoms with Gasteiger partial charge in [-0.25, -0.2) is 0 Å². The van der Waals surface area contributed by atoms with Crippen molar-refractivity contribution >= 4 is 7.47 Å². The van der Waals surface area contributed by atoms with E-state index in [-0.39, 0.29) is 0 Å². The van der Waals surface area contributed by atoms with Gasteiger partial charge in [0.25, 0.3) is 0 Å². The predicted molar refractivity (Wildman–Crippen MR) is 34.4 cm³/mol. The van der Waals surface area contributed by atoms with E-state index in [1.54, 1.807) is 12.4 Å². The van der Waals surface area contributed by atoms with E-state index in [0.29, 0.717) is 0 Å². The fourth-order valence-electron chi connectivity index (χ4n) is 0.313. The van der Waals surface area contributed by atoms with Gasteiger partial charge in [0.15, 0.2) is 0 Å². The van der Waals surface area contributed by atoms with E-state index < -0.39 is 7.47 Å². The van der Waals surface area contributed by atoms with Crippen molar-refractivity contribution in [3.63, 3.8) is 0 Å². The van der Waals surface area contributed by atoms with Crippen molar-refractivity contribution in [2.45, 2.75) is 0 Å². The number of hydrogen-bond acceptors (Lipinski definition) is 2. The highest BCUT2D eigenvalue weighted by Crippen LogP contribution is 1.73. The highest BCUT2D eigenvalue weighted by atomic mass is 19.2. The van der Waals surface area contributed by atoms with Crippen molar-refractivity contribution in [2.75, 3.05) is 0 Å². The monoisotopic (exact) mass is 145 g/mol. The van der Waals surface area contributed by atoms with Gasteiger partial charge in [-0.2, -0.15) is 0 Å². The lowest BCUT2D eigenvalue weighted by molar-refractivity contribution is 0.417. The maximum atomic E-state index is 9.89. The molecule has 0 bridgehead atoms. The van der Waals surface area contributed by atoms with Gasteiger partial charge in [0.05, 0.1) is 0 Å². The van der Waals surface area contributed by atoms with E-state index >= 15 is 0 Å². The molecule has 0 aliphatic heterocycles. The molecule has 0 radical (unpaired) electrons. The van der Waals surface area contributed by atoms with Crippen LogP contribution in [0.25, 0.3) is 0 Å². The summed E-state index contributed by atoms with van der Waals surface area (Å²) in [5.41, 5.74) is 0. The molecule has 1 heterocycles. The molecule has 0 saturated heterocycles. The Morgan fingerprint density at radius 3 is 1.60 bits per heavy atom. The molecule has 1 rings (SSSR count). The Morgan fingerprint density at radius 1 is 1.10 bits per heavy atom. The topological polar surface area (TPSA) is 33.1 Å². The molecule has 0 saturated carbocycles. The lowest BCUT2D eigenvalue weighted by atomic mass is 10.4. The summed E-state index contributed by atoms with van der Waals surface area (Å²) in [6.07, 6.45) is 3.50. The molecular weight excluding hydrogens is 139 g/mol. The van der Waals surface area contributed by atoms with E-state index in [1.807, 2.05) is 18.2 Å². The molecule has 0 atom stereocenters. The van der Waals surface area contributed by atoms with E-state index in [1.165, 1.54) is 0 Å². The zero-order valence-electron chi connectivity index (χ0n) is 5.11. The van der Waals surface area contributed by atoms with Gasteiger partial charge in [-0.05, 0) is 12.1 Å². The van der Waals surface area contributed by atoms with Crippen LogP contribution in [0.1, 0.15) is 0 Å². The minimum atomic E-state index is -3.17. The van der Waals surface area contributed by atoms with Gasteiger partial charge < -0.3 is 5.02 Å². The van der Waals surface area contributed by atoms with Crippen LogP contribution in [0, 0.1) is 0 Å². The molecule has 10 heavy (non-hydrogen) atoms. The Bertz CT molecular complexity index is 120. The van der Waals surface area contributed by atoms with Crippen molar-refractivity contribution in [2.24, 2.45) is 0 Å². The smallest absolute Gasteiger partial charge is 0.395 e. The molecule has 0 spiro atoms. The fraction of sp³-hybridized carbons (Fsp3) is 0. The highest BCUT2D eigenvalue weighted by Gasteiger charge is 2.01. The minimum absolute atomic E-state index is 1.75. The molecule has 0 aliphatic rings. The van der Waals surface area contributed by atoms with Crippen molar-refractivity contribution in [1.29, 1.82) is 0 Å². The molecule has 0 amide bonds. The van der Waals surface area contributed by atoms with Gasteiger partial charge in [-0.15, -0.1) is 0 Å². The number of rotatable bonds is 0. The first-order chi connectivity index (χ1) is 4.73. The van der Waals surface area contributed by atoms with E-state index in [4.69, 9.17) is 5.02 Å².